The van der Waals surface area contributed by atoms with Crippen molar-refractivity contribution in [1.29, 1.82) is 0 Å². The van der Waals surface area contributed by atoms with E-state index in [1.54, 1.807) is 6.26 Å². The number of hydrogen-bond donors (Lipinski definition) is 1. The first-order chi connectivity index (χ1) is 7.74. The topological polar surface area (TPSA) is 25.2 Å². The van der Waals surface area contributed by atoms with Crippen LogP contribution >= 0.6 is 0 Å². The fourth-order valence-corrected chi connectivity index (χ4v) is 2.57. The Bertz CT molecular complexity index is 290. The van der Waals surface area contributed by atoms with E-state index in [4.69, 9.17) is 4.42 Å². The van der Waals surface area contributed by atoms with E-state index in [0.717, 1.165) is 18.1 Å². The minimum Gasteiger partial charge on any atom is -0.469 e. The Morgan fingerprint density at radius 1 is 1.38 bits per heavy atom. The minimum atomic E-state index is 0.501. The Hall–Kier alpha value is -0.760. The van der Waals surface area contributed by atoms with Gasteiger partial charge in [0.1, 0.15) is 5.76 Å². The lowest BCUT2D eigenvalue weighted by Crippen LogP contribution is -2.37. The van der Waals surface area contributed by atoms with Crippen LogP contribution in [0.4, 0.5) is 0 Å². The van der Waals surface area contributed by atoms with Gasteiger partial charge in [0.15, 0.2) is 0 Å². The average Bonchev–Trinajstić information content (AvgIpc) is 2.63. The molecular formula is C14H23NO. The van der Waals surface area contributed by atoms with Gasteiger partial charge in [-0.15, -0.1) is 0 Å². The SMILES string of the molecule is CC(Cc1ccco1)NC(C)CC1CCC1. The Morgan fingerprint density at radius 2 is 2.19 bits per heavy atom. The molecule has 0 bridgehead atoms. The lowest BCUT2D eigenvalue weighted by molar-refractivity contribution is 0.258. The van der Waals surface area contributed by atoms with Crippen LogP contribution in [-0.4, -0.2) is 12.1 Å². The van der Waals surface area contributed by atoms with Crippen molar-refractivity contribution in [2.24, 2.45) is 5.92 Å². The van der Waals surface area contributed by atoms with Crippen molar-refractivity contribution in [3.8, 4) is 0 Å². The highest BCUT2D eigenvalue weighted by atomic mass is 16.3. The van der Waals surface area contributed by atoms with Crippen molar-refractivity contribution in [2.45, 2.75) is 58.0 Å². The quantitative estimate of drug-likeness (QED) is 0.796. The average molecular weight is 221 g/mol. The van der Waals surface area contributed by atoms with Crippen LogP contribution in [0.5, 0.6) is 0 Å². The van der Waals surface area contributed by atoms with Crippen LogP contribution in [0.15, 0.2) is 22.8 Å². The summed E-state index contributed by atoms with van der Waals surface area (Å²) in [6.07, 6.45) is 8.40. The lowest BCUT2D eigenvalue weighted by atomic mass is 9.81. The molecule has 0 amide bonds. The van der Waals surface area contributed by atoms with Crippen LogP contribution < -0.4 is 5.32 Å². The van der Waals surface area contributed by atoms with Gasteiger partial charge in [0.05, 0.1) is 6.26 Å². The second-order valence-corrected chi connectivity index (χ2v) is 5.28. The van der Waals surface area contributed by atoms with Gasteiger partial charge < -0.3 is 9.73 Å². The molecule has 1 aliphatic rings. The molecule has 2 heteroatoms. The largest absolute Gasteiger partial charge is 0.469 e. The molecule has 1 heterocycles. The zero-order chi connectivity index (χ0) is 11.4. The second-order valence-electron chi connectivity index (χ2n) is 5.28. The first-order valence-electron chi connectivity index (χ1n) is 6.52. The second kappa shape index (κ2) is 5.53. The van der Waals surface area contributed by atoms with Crippen molar-refractivity contribution < 1.29 is 4.42 Å². The van der Waals surface area contributed by atoms with Crippen LogP contribution in [0.1, 0.15) is 45.3 Å². The van der Waals surface area contributed by atoms with Crippen LogP contribution in [0.2, 0.25) is 0 Å². The molecule has 16 heavy (non-hydrogen) atoms. The van der Waals surface area contributed by atoms with Crippen LogP contribution in [0.3, 0.4) is 0 Å². The van der Waals surface area contributed by atoms with Gasteiger partial charge in [-0.05, 0) is 38.3 Å². The molecule has 1 saturated carbocycles. The van der Waals surface area contributed by atoms with Crippen LogP contribution in [-0.2, 0) is 6.42 Å². The summed E-state index contributed by atoms with van der Waals surface area (Å²) in [6, 6.07) is 5.14. The van der Waals surface area contributed by atoms with E-state index in [2.05, 4.69) is 25.2 Å². The van der Waals surface area contributed by atoms with Gasteiger partial charge in [0.25, 0.3) is 0 Å². The molecule has 0 aromatic carbocycles. The predicted octanol–water partition coefficient (Wildman–Crippen LogP) is 3.38. The van der Waals surface area contributed by atoms with E-state index in [1.165, 1.54) is 25.7 Å². The highest BCUT2D eigenvalue weighted by molar-refractivity contribution is 5.00. The normalized spacial score (nSPS) is 20.4. The molecule has 90 valence electrons. The summed E-state index contributed by atoms with van der Waals surface area (Å²) in [4.78, 5) is 0. The maximum atomic E-state index is 5.36. The summed E-state index contributed by atoms with van der Waals surface area (Å²) in [5.74, 6) is 2.06. The fraction of sp³-hybridized carbons (Fsp3) is 0.714. The number of furan rings is 1. The van der Waals surface area contributed by atoms with E-state index < -0.39 is 0 Å². The lowest BCUT2D eigenvalue weighted by Gasteiger charge is -2.29. The first-order valence-corrected chi connectivity index (χ1v) is 6.52. The molecule has 1 N–H and O–H groups in total. The maximum Gasteiger partial charge on any atom is 0.105 e. The van der Waals surface area contributed by atoms with Gasteiger partial charge in [0.2, 0.25) is 0 Å². The molecule has 1 aliphatic carbocycles. The van der Waals surface area contributed by atoms with Gasteiger partial charge in [-0.2, -0.15) is 0 Å². The third kappa shape index (κ3) is 3.38. The highest BCUT2D eigenvalue weighted by Gasteiger charge is 2.20. The summed E-state index contributed by atoms with van der Waals surface area (Å²) >= 11 is 0. The molecule has 0 radical (unpaired) electrons. The molecular weight excluding hydrogens is 198 g/mol. The molecule has 0 spiro atoms. The predicted molar refractivity (Wildman–Crippen MR) is 66.4 cm³/mol. The van der Waals surface area contributed by atoms with E-state index >= 15 is 0 Å². The van der Waals surface area contributed by atoms with Crippen molar-refractivity contribution in [2.75, 3.05) is 0 Å². The van der Waals surface area contributed by atoms with Gasteiger partial charge in [-0.3, -0.25) is 0 Å². The molecule has 2 atom stereocenters. The van der Waals surface area contributed by atoms with Gasteiger partial charge >= 0.3 is 0 Å². The monoisotopic (exact) mass is 221 g/mol. The van der Waals surface area contributed by atoms with Gasteiger partial charge in [0, 0.05) is 18.5 Å². The van der Waals surface area contributed by atoms with E-state index in [9.17, 15) is 0 Å². The minimum absolute atomic E-state index is 0.501. The Balaban J connectivity index is 1.67. The smallest absolute Gasteiger partial charge is 0.105 e. The first kappa shape index (κ1) is 11.7. The Kier molecular flexibility index (Phi) is 4.05. The third-order valence-electron chi connectivity index (χ3n) is 3.57. The standard InChI is InChI=1S/C14H23NO/c1-11(9-13-5-3-6-13)15-12(2)10-14-7-4-8-16-14/h4,7-8,11-13,15H,3,5-6,9-10H2,1-2H3. The molecule has 1 fully saturated rings. The van der Waals surface area contributed by atoms with Crippen molar-refractivity contribution in [3.63, 3.8) is 0 Å². The Morgan fingerprint density at radius 3 is 2.75 bits per heavy atom. The maximum absolute atomic E-state index is 5.36. The van der Waals surface area contributed by atoms with Crippen LogP contribution in [0.25, 0.3) is 0 Å². The van der Waals surface area contributed by atoms with Crippen molar-refractivity contribution in [1.82, 2.24) is 5.32 Å². The molecule has 2 rings (SSSR count). The summed E-state index contributed by atoms with van der Waals surface area (Å²) in [5.41, 5.74) is 0. The van der Waals surface area contributed by atoms with Crippen LogP contribution in [0, 0.1) is 5.92 Å². The van der Waals surface area contributed by atoms with E-state index in [1.807, 2.05) is 6.07 Å². The van der Waals surface area contributed by atoms with E-state index in [0.29, 0.717) is 12.1 Å². The summed E-state index contributed by atoms with van der Waals surface area (Å²) < 4.78 is 5.36. The Labute approximate surface area is 98.4 Å². The summed E-state index contributed by atoms with van der Waals surface area (Å²) in [5, 5.41) is 3.66. The fourth-order valence-electron chi connectivity index (χ4n) is 2.57. The molecule has 0 aliphatic heterocycles. The number of rotatable bonds is 6. The summed E-state index contributed by atoms with van der Waals surface area (Å²) in [7, 11) is 0. The number of nitrogens with one attached hydrogen (secondary N) is 1. The zero-order valence-corrected chi connectivity index (χ0v) is 10.4. The molecule has 2 nitrogen and oxygen atoms in total. The van der Waals surface area contributed by atoms with Crippen molar-refractivity contribution in [3.05, 3.63) is 24.2 Å². The molecule has 1 aromatic heterocycles. The molecule has 1 aromatic rings. The third-order valence-corrected chi connectivity index (χ3v) is 3.57. The van der Waals surface area contributed by atoms with Crippen molar-refractivity contribution >= 4 is 0 Å². The van der Waals surface area contributed by atoms with Gasteiger partial charge in [-0.1, -0.05) is 19.3 Å². The van der Waals surface area contributed by atoms with Gasteiger partial charge in [-0.25, -0.2) is 0 Å². The molecule has 2 unspecified atom stereocenters. The van der Waals surface area contributed by atoms with E-state index in [-0.39, 0.29) is 0 Å². The zero-order valence-electron chi connectivity index (χ0n) is 10.4. The molecule has 0 saturated heterocycles. The number of hydrogen-bond acceptors (Lipinski definition) is 2. The summed E-state index contributed by atoms with van der Waals surface area (Å²) in [6.45, 7) is 4.54. The highest BCUT2D eigenvalue weighted by Crippen LogP contribution is 2.30.